The minimum atomic E-state index is 0.0235. The largest absolute Gasteiger partial charge is 0.368 e. The summed E-state index contributed by atoms with van der Waals surface area (Å²) in [6.07, 6.45) is 10.5. The Labute approximate surface area is 200 Å². The molecule has 34 heavy (non-hydrogen) atoms. The number of carbonyl (C=O) groups is 1. The van der Waals surface area contributed by atoms with E-state index in [2.05, 4.69) is 48.2 Å². The Morgan fingerprint density at radius 3 is 2.65 bits per heavy atom. The minimum absolute atomic E-state index is 0.0235. The number of anilines is 4. The van der Waals surface area contributed by atoms with Gasteiger partial charge in [-0.2, -0.15) is 5.26 Å². The summed E-state index contributed by atoms with van der Waals surface area (Å²) in [6, 6.07) is 4.21. The van der Waals surface area contributed by atoms with E-state index in [0.717, 1.165) is 64.0 Å². The number of amides is 1. The molecule has 180 valence electrons. The Balaban J connectivity index is 1.49. The summed E-state index contributed by atoms with van der Waals surface area (Å²) >= 11 is 0. The SMILES string of the molecule is CN(c1cc(Nc2cnc(C#N)cn2)ncc1NC(=O)CCC1CCNCC1)C1CCCNC1. The van der Waals surface area contributed by atoms with Crippen molar-refractivity contribution in [2.45, 2.75) is 44.6 Å². The lowest BCUT2D eigenvalue weighted by Gasteiger charge is -2.34. The van der Waals surface area contributed by atoms with Gasteiger partial charge >= 0.3 is 0 Å². The van der Waals surface area contributed by atoms with Crippen molar-refractivity contribution in [3.63, 3.8) is 0 Å². The quantitative estimate of drug-likeness (QED) is 0.466. The molecular weight excluding hydrogens is 430 g/mol. The summed E-state index contributed by atoms with van der Waals surface area (Å²) < 4.78 is 0. The first-order chi connectivity index (χ1) is 16.6. The van der Waals surface area contributed by atoms with E-state index in [-0.39, 0.29) is 11.6 Å². The number of likely N-dealkylation sites (N-methyl/N-ethyl adjacent to an activating group) is 1. The maximum absolute atomic E-state index is 12.8. The van der Waals surface area contributed by atoms with Crippen LogP contribution < -0.4 is 26.2 Å². The van der Waals surface area contributed by atoms with Gasteiger partial charge in [-0.05, 0) is 57.7 Å². The standard InChI is InChI=1S/C24H33N9O/c1-33(19-3-2-8-27-14-19)21-11-22(32-23-16-28-18(12-25)13-29-23)30-15-20(21)31-24(34)5-4-17-6-9-26-10-7-17/h11,13,15-17,19,26-27H,2-10,14H2,1H3,(H,31,34)(H,29,30,32). The first-order valence-electron chi connectivity index (χ1n) is 12.1. The fourth-order valence-corrected chi connectivity index (χ4v) is 4.56. The molecule has 1 amide bonds. The smallest absolute Gasteiger partial charge is 0.224 e. The van der Waals surface area contributed by atoms with Crippen LogP contribution in [-0.4, -0.2) is 60.1 Å². The number of aromatic nitrogens is 3. The second-order valence-electron chi connectivity index (χ2n) is 9.00. The van der Waals surface area contributed by atoms with Crippen molar-refractivity contribution in [3.8, 4) is 6.07 Å². The van der Waals surface area contributed by atoms with Crippen molar-refractivity contribution in [1.29, 1.82) is 5.26 Å². The minimum Gasteiger partial charge on any atom is -0.368 e. The normalized spacial score (nSPS) is 18.6. The predicted octanol–water partition coefficient (Wildman–Crippen LogP) is 2.39. The van der Waals surface area contributed by atoms with Crippen molar-refractivity contribution in [3.05, 3.63) is 30.4 Å². The van der Waals surface area contributed by atoms with Gasteiger partial charge in [0.25, 0.3) is 0 Å². The third-order valence-corrected chi connectivity index (χ3v) is 6.62. The number of nitrogens with one attached hydrogen (secondary N) is 4. The van der Waals surface area contributed by atoms with Crippen LogP contribution in [0.4, 0.5) is 23.0 Å². The van der Waals surface area contributed by atoms with Crippen LogP contribution in [-0.2, 0) is 4.79 Å². The molecule has 2 aromatic rings. The van der Waals surface area contributed by atoms with E-state index in [0.29, 0.717) is 35.7 Å². The summed E-state index contributed by atoms with van der Waals surface area (Å²) in [6.45, 7) is 4.01. The molecular formula is C24H33N9O. The summed E-state index contributed by atoms with van der Waals surface area (Å²) in [5, 5.41) is 22.0. The highest BCUT2D eigenvalue weighted by molar-refractivity contribution is 5.94. The molecule has 2 aliphatic heterocycles. The maximum atomic E-state index is 12.8. The van der Waals surface area contributed by atoms with Crippen molar-refractivity contribution >= 4 is 28.9 Å². The van der Waals surface area contributed by atoms with E-state index in [1.807, 2.05) is 12.1 Å². The van der Waals surface area contributed by atoms with E-state index in [1.54, 1.807) is 6.20 Å². The van der Waals surface area contributed by atoms with Crippen LogP contribution in [0.15, 0.2) is 24.7 Å². The van der Waals surface area contributed by atoms with Gasteiger partial charge in [-0.15, -0.1) is 0 Å². The lowest BCUT2D eigenvalue weighted by Crippen LogP contribution is -2.44. The molecule has 0 saturated carbocycles. The number of carbonyl (C=O) groups excluding carboxylic acids is 1. The molecule has 4 N–H and O–H groups in total. The highest BCUT2D eigenvalue weighted by Crippen LogP contribution is 2.31. The average Bonchev–Trinajstić information content (AvgIpc) is 2.89. The fourth-order valence-electron chi connectivity index (χ4n) is 4.56. The first kappa shape index (κ1) is 23.9. The van der Waals surface area contributed by atoms with Gasteiger partial charge in [0, 0.05) is 32.1 Å². The Hall–Kier alpha value is -3.29. The van der Waals surface area contributed by atoms with E-state index < -0.39 is 0 Å². The molecule has 1 atom stereocenters. The van der Waals surface area contributed by atoms with Crippen molar-refractivity contribution in [1.82, 2.24) is 25.6 Å². The summed E-state index contributed by atoms with van der Waals surface area (Å²) in [4.78, 5) is 27.8. The average molecular weight is 464 g/mol. The highest BCUT2D eigenvalue weighted by atomic mass is 16.1. The Morgan fingerprint density at radius 2 is 1.94 bits per heavy atom. The fraction of sp³-hybridized carbons (Fsp3) is 0.542. The van der Waals surface area contributed by atoms with Crippen molar-refractivity contribution < 1.29 is 4.79 Å². The van der Waals surface area contributed by atoms with Gasteiger partial charge in [-0.3, -0.25) is 4.79 Å². The number of nitriles is 1. The topological polar surface area (TPSA) is 131 Å². The van der Waals surface area contributed by atoms with Crippen molar-refractivity contribution in [2.24, 2.45) is 5.92 Å². The van der Waals surface area contributed by atoms with Crippen LogP contribution in [0.3, 0.4) is 0 Å². The highest BCUT2D eigenvalue weighted by Gasteiger charge is 2.22. The molecule has 10 heteroatoms. The molecule has 0 aliphatic carbocycles. The van der Waals surface area contributed by atoms with E-state index in [4.69, 9.17) is 5.26 Å². The number of nitrogens with zero attached hydrogens (tertiary/aromatic N) is 5. The summed E-state index contributed by atoms with van der Waals surface area (Å²) in [5.41, 5.74) is 1.87. The Morgan fingerprint density at radius 1 is 1.12 bits per heavy atom. The van der Waals surface area contributed by atoms with Crippen LogP contribution in [0.25, 0.3) is 0 Å². The van der Waals surface area contributed by atoms with Crippen LogP contribution in [0.2, 0.25) is 0 Å². The summed E-state index contributed by atoms with van der Waals surface area (Å²) in [7, 11) is 2.06. The molecule has 2 aromatic heterocycles. The number of pyridine rings is 1. The monoisotopic (exact) mass is 463 g/mol. The zero-order valence-electron chi connectivity index (χ0n) is 19.7. The predicted molar refractivity (Wildman–Crippen MR) is 132 cm³/mol. The zero-order chi connectivity index (χ0) is 23.8. The van der Waals surface area contributed by atoms with Gasteiger partial charge in [0.05, 0.1) is 30.0 Å². The van der Waals surface area contributed by atoms with Gasteiger partial charge in [0.1, 0.15) is 17.7 Å². The first-order valence-corrected chi connectivity index (χ1v) is 12.1. The Kier molecular flexibility index (Phi) is 8.22. The van der Waals surface area contributed by atoms with Gasteiger partial charge in [0.2, 0.25) is 5.91 Å². The second-order valence-corrected chi connectivity index (χ2v) is 9.00. The zero-order valence-corrected chi connectivity index (χ0v) is 19.7. The lowest BCUT2D eigenvalue weighted by atomic mass is 9.93. The maximum Gasteiger partial charge on any atom is 0.224 e. The van der Waals surface area contributed by atoms with E-state index in [1.165, 1.54) is 12.4 Å². The molecule has 2 aliphatic rings. The van der Waals surface area contributed by atoms with Crippen LogP contribution >= 0.6 is 0 Å². The number of hydrogen-bond acceptors (Lipinski definition) is 9. The molecule has 4 heterocycles. The van der Waals surface area contributed by atoms with Gasteiger partial charge < -0.3 is 26.2 Å². The van der Waals surface area contributed by atoms with Gasteiger partial charge in [0.15, 0.2) is 5.69 Å². The molecule has 4 rings (SSSR count). The van der Waals surface area contributed by atoms with Crippen LogP contribution in [0.5, 0.6) is 0 Å². The molecule has 0 aromatic carbocycles. The van der Waals surface area contributed by atoms with Crippen LogP contribution in [0.1, 0.15) is 44.2 Å². The number of hydrogen-bond donors (Lipinski definition) is 4. The van der Waals surface area contributed by atoms with Crippen molar-refractivity contribution in [2.75, 3.05) is 48.8 Å². The molecule has 10 nitrogen and oxygen atoms in total. The van der Waals surface area contributed by atoms with Crippen LogP contribution in [0, 0.1) is 17.2 Å². The second kappa shape index (κ2) is 11.7. The van der Waals surface area contributed by atoms with E-state index in [9.17, 15) is 4.79 Å². The molecule has 0 spiro atoms. The molecule has 0 radical (unpaired) electrons. The van der Waals surface area contributed by atoms with Gasteiger partial charge in [-0.25, -0.2) is 15.0 Å². The third kappa shape index (κ3) is 6.40. The molecule has 0 bridgehead atoms. The number of rotatable bonds is 8. The lowest BCUT2D eigenvalue weighted by molar-refractivity contribution is -0.116. The Bertz CT molecular complexity index is 992. The number of piperidine rings is 2. The summed E-state index contributed by atoms with van der Waals surface area (Å²) in [5.74, 6) is 1.73. The molecule has 2 saturated heterocycles. The molecule has 1 unspecified atom stereocenters. The molecule has 2 fully saturated rings. The third-order valence-electron chi connectivity index (χ3n) is 6.62. The van der Waals surface area contributed by atoms with Gasteiger partial charge in [-0.1, -0.05) is 0 Å². The van der Waals surface area contributed by atoms with E-state index >= 15 is 0 Å².